The van der Waals surface area contributed by atoms with Crippen LogP contribution in [0.5, 0.6) is 5.88 Å². The second-order valence-corrected chi connectivity index (χ2v) is 7.55. The number of ether oxygens (including phenoxy) is 1. The van der Waals surface area contributed by atoms with Crippen LogP contribution in [0.15, 0.2) is 61.1 Å². The number of nitrogens with zero attached hydrogens (tertiary/aromatic N) is 6. The molecule has 5 rings (SSSR count). The zero-order valence-electron chi connectivity index (χ0n) is 17.3. The SMILES string of the molecule is CCOc1ccc(-c2cccc(N(C)c3nc4nncn4c4cc(Cl)c(F)cc34)c2)cn1. The van der Waals surface area contributed by atoms with E-state index >= 15 is 0 Å². The number of halogens is 2. The molecule has 160 valence electrons. The molecule has 0 aliphatic carbocycles. The van der Waals surface area contributed by atoms with Gasteiger partial charge in [0.05, 0.1) is 17.1 Å². The predicted molar refractivity (Wildman–Crippen MR) is 122 cm³/mol. The van der Waals surface area contributed by atoms with Gasteiger partial charge in [-0.3, -0.25) is 4.40 Å². The first kappa shape index (κ1) is 20.1. The number of benzene rings is 2. The fourth-order valence-corrected chi connectivity index (χ4v) is 3.76. The van der Waals surface area contributed by atoms with Crippen LogP contribution in [0.2, 0.25) is 5.02 Å². The van der Waals surface area contributed by atoms with Crippen molar-refractivity contribution < 1.29 is 9.13 Å². The second-order valence-electron chi connectivity index (χ2n) is 7.15. The lowest BCUT2D eigenvalue weighted by Gasteiger charge is -2.21. The van der Waals surface area contributed by atoms with E-state index in [1.54, 1.807) is 16.7 Å². The van der Waals surface area contributed by atoms with Gasteiger partial charge in [-0.05, 0) is 42.8 Å². The van der Waals surface area contributed by atoms with E-state index in [2.05, 4.69) is 20.2 Å². The quantitative estimate of drug-likeness (QED) is 0.363. The summed E-state index contributed by atoms with van der Waals surface area (Å²) in [5.74, 6) is 1.01. The van der Waals surface area contributed by atoms with Gasteiger partial charge < -0.3 is 9.64 Å². The van der Waals surface area contributed by atoms with Crippen LogP contribution in [0, 0.1) is 5.82 Å². The van der Waals surface area contributed by atoms with E-state index in [1.807, 2.05) is 55.3 Å². The fourth-order valence-electron chi connectivity index (χ4n) is 3.60. The summed E-state index contributed by atoms with van der Waals surface area (Å²) in [5.41, 5.74) is 3.46. The first-order chi connectivity index (χ1) is 15.5. The van der Waals surface area contributed by atoms with E-state index in [0.717, 1.165) is 16.8 Å². The average Bonchev–Trinajstić information content (AvgIpc) is 3.29. The van der Waals surface area contributed by atoms with Crippen LogP contribution in [0.25, 0.3) is 27.8 Å². The summed E-state index contributed by atoms with van der Waals surface area (Å²) in [6.07, 6.45) is 3.31. The van der Waals surface area contributed by atoms with Crippen molar-refractivity contribution in [3.63, 3.8) is 0 Å². The van der Waals surface area contributed by atoms with Gasteiger partial charge in [0.2, 0.25) is 5.88 Å². The van der Waals surface area contributed by atoms with Crippen molar-refractivity contribution in [2.45, 2.75) is 6.92 Å². The molecule has 0 amide bonds. The molecule has 0 saturated heterocycles. The standard InChI is InChI=1S/C23H18ClFN6O/c1-3-32-21-8-7-15(12-26-21)14-5-4-6-16(9-14)30(2)22-17-10-19(25)18(24)11-20(17)31-13-27-29-23(31)28-22/h4-13H,3H2,1-2H3. The van der Waals surface area contributed by atoms with Crippen molar-refractivity contribution in [2.24, 2.45) is 0 Å². The van der Waals surface area contributed by atoms with E-state index in [-0.39, 0.29) is 5.02 Å². The third kappa shape index (κ3) is 3.48. The van der Waals surface area contributed by atoms with Crippen LogP contribution >= 0.6 is 11.6 Å². The van der Waals surface area contributed by atoms with Crippen LogP contribution in [0.3, 0.4) is 0 Å². The minimum Gasteiger partial charge on any atom is -0.478 e. The van der Waals surface area contributed by atoms with Crippen LogP contribution in [0.4, 0.5) is 15.9 Å². The highest BCUT2D eigenvalue weighted by atomic mass is 35.5. The van der Waals surface area contributed by atoms with Gasteiger partial charge >= 0.3 is 0 Å². The molecule has 9 heteroatoms. The van der Waals surface area contributed by atoms with Gasteiger partial charge in [-0.1, -0.05) is 23.7 Å². The Morgan fingerprint density at radius 3 is 2.78 bits per heavy atom. The molecular weight excluding hydrogens is 431 g/mol. The number of rotatable bonds is 5. The van der Waals surface area contributed by atoms with Gasteiger partial charge in [0.25, 0.3) is 5.78 Å². The summed E-state index contributed by atoms with van der Waals surface area (Å²) >= 11 is 6.05. The Hall–Kier alpha value is -3.78. The Balaban J connectivity index is 1.60. The van der Waals surface area contributed by atoms with Gasteiger partial charge in [-0.25, -0.2) is 9.37 Å². The first-order valence-electron chi connectivity index (χ1n) is 9.96. The molecule has 7 nitrogen and oxygen atoms in total. The Morgan fingerprint density at radius 1 is 1.12 bits per heavy atom. The van der Waals surface area contributed by atoms with Crippen molar-refractivity contribution in [1.82, 2.24) is 24.6 Å². The van der Waals surface area contributed by atoms with Gasteiger partial charge in [-0.15, -0.1) is 10.2 Å². The van der Waals surface area contributed by atoms with Gasteiger partial charge in [0.1, 0.15) is 18.0 Å². The normalized spacial score (nSPS) is 11.2. The van der Waals surface area contributed by atoms with Crippen molar-refractivity contribution in [3.8, 4) is 17.0 Å². The van der Waals surface area contributed by atoms with E-state index in [9.17, 15) is 4.39 Å². The minimum atomic E-state index is -0.516. The lowest BCUT2D eigenvalue weighted by molar-refractivity contribution is 0.327. The number of anilines is 2. The topological polar surface area (TPSA) is 68.4 Å². The molecule has 32 heavy (non-hydrogen) atoms. The number of fused-ring (bicyclic) bond motifs is 3. The van der Waals surface area contributed by atoms with Crippen LogP contribution < -0.4 is 9.64 Å². The highest BCUT2D eigenvalue weighted by Gasteiger charge is 2.17. The number of pyridine rings is 1. The predicted octanol–water partition coefficient (Wildman–Crippen LogP) is 5.30. The summed E-state index contributed by atoms with van der Waals surface area (Å²) in [7, 11) is 1.87. The van der Waals surface area contributed by atoms with Crippen molar-refractivity contribution in [3.05, 3.63) is 71.9 Å². The summed E-state index contributed by atoms with van der Waals surface area (Å²) < 4.78 is 21.5. The number of hydrogen-bond donors (Lipinski definition) is 0. The molecule has 0 aliphatic heterocycles. The molecule has 0 fully saturated rings. The zero-order chi connectivity index (χ0) is 22.2. The molecule has 0 N–H and O–H groups in total. The number of hydrogen-bond acceptors (Lipinski definition) is 6. The molecule has 0 unspecified atom stereocenters. The van der Waals surface area contributed by atoms with Crippen molar-refractivity contribution >= 4 is 39.8 Å². The third-order valence-electron chi connectivity index (χ3n) is 5.19. The lowest BCUT2D eigenvalue weighted by atomic mass is 10.1. The molecule has 3 heterocycles. The second kappa shape index (κ2) is 8.05. The van der Waals surface area contributed by atoms with E-state index in [0.29, 0.717) is 35.0 Å². The molecular formula is C23H18ClFN6O. The summed E-state index contributed by atoms with van der Waals surface area (Å²) in [4.78, 5) is 10.9. The summed E-state index contributed by atoms with van der Waals surface area (Å²) in [6, 6.07) is 14.7. The summed E-state index contributed by atoms with van der Waals surface area (Å²) in [5, 5.41) is 8.61. The van der Waals surface area contributed by atoms with Gasteiger partial charge in [0, 0.05) is 35.9 Å². The van der Waals surface area contributed by atoms with Gasteiger partial charge in [0.15, 0.2) is 0 Å². The monoisotopic (exact) mass is 448 g/mol. The maximum atomic E-state index is 14.4. The van der Waals surface area contributed by atoms with Gasteiger partial charge in [-0.2, -0.15) is 4.98 Å². The van der Waals surface area contributed by atoms with E-state index in [1.165, 1.54) is 12.4 Å². The molecule has 0 aliphatic rings. The Labute approximate surface area is 188 Å². The molecule has 3 aromatic heterocycles. The molecule has 5 aromatic rings. The van der Waals surface area contributed by atoms with Crippen LogP contribution in [0.1, 0.15) is 6.92 Å². The zero-order valence-corrected chi connectivity index (χ0v) is 18.1. The highest BCUT2D eigenvalue weighted by molar-refractivity contribution is 6.31. The molecule has 0 bridgehead atoms. The molecule has 0 spiro atoms. The van der Waals surface area contributed by atoms with Crippen molar-refractivity contribution in [2.75, 3.05) is 18.6 Å². The Bertz CT molecular complexity index is 1440. The van der Waals surface area contributed by atoms with Crippen molar-refractivity contribution in [1.29, 1.82) is 0 Å². The van der Waals surface area contributed by atoms with Crippen LogP contribution in [-0.4, -0.2) is 38.2 Å². The third-order valence-corrected chi connectivity index (χ3v) is 5.48. The minimum absolute atomic E-state index is 0.0253. The highest BCUT2D eigenvalue weighted by Crippen LogP contribution is 2.34. The largest absolute Gasteiger partial charge is 0.478 e. The lowest BCUT2D eigenvalue weighted by Crippen LogP contribution is -2.13. The molecule has 0 saturated carbocycles. The van der Waals surface area contributed by atoms with E-state index in [4.69, 9.17) is 16.3 Å². The summed E-state index contributed by atoms with van der Waals surface area (Å²) in [6.45, 7) is 2.49. The maximum Gasteiger partial charge on any atom is 0.257 e. The average molecular weight is 449 g/mol. The Kier molecular flexibility index (Phi) is 5.07. The fraction of sp³-hybridized carbons (Fsp3) is 0.130. The smallest absolute Gasteiger partial charge is 0.257 e. The number of aromatic nitrogens is 5. The van der Waals surface area contributed by atoms with Crippen LogP contribution in [-0.2, 0) is 0 Å². The van der Waals surface area contributed by atoms with E-state index < -0.39 is 5.82 Å². The first-order valence-corrected chi connectivity index (χ1v) is 10.3. The molecule has 2 aromatic carbocycles. The molecule has 0 radical (unpaired) electrons. The Morgan fingerprint density at radius 2 is 2.00 bits per heavy atom. The maximum absolute atomic E-state index is 14.4. The molecule has 0 atom stereocenters.